The molecule has 0 spiro atoms. The molecule has 1 unspecified atom stereocenters. The molecule has 0 radical (unpaired) electrons. The lowest BCUT2D eigenvalue weighted by atomic mass is 9.69. The minimum atomic E-state index is -1.46. The van der Waals surface area contributed by atoms with E-state index in [1.807, 2.05) is 83.1 Å². The minimum absolute atomic E-state index is 0.116. The molecule has 2 rings (SSSR count). The van der Waals surface area contributed by atoms with Gasteiger partial charge in [0.1, 0.15) is 23.4 Å². The molecular weight excluding hydrogens is 492 g/mol. The molecule has 0 saturated carbocycles. The monoisotopic (exact) mass is 544 g/mol. The molecule has 5 N–H and O–H groups in total. The highest BCUT2D eigenvalue weighted by Gasteiger charge is 2.46. The lowest BCUT2D eigenvalue weighted by Gasteiger charge is -2.43. The van der Waals surface area contributed by atoms with Gasteiger partial charge in [-0.25, -0.2) is 0 Å². The summed E-state index contributed by atoms with van der Waals surface area (Å²) >= 11 is 0. The fourth-order valence-electron chi connectivity index (χ4n) is 5.02. The van der Waals surface area contributed by atoms with Crippen LogP contribution in [0.15, 0.2) is 24.3 Å². The van der Waals surface area contributed by atoms with Crippen LogP contribution in [0.2, 0.25) is 0 Å². The summed E-state index contributed by atoms with van der Waals surface area (Å²) in [5.41, 5.74) is 0.656. The Hall–Kier alpha value is -2.28. The normalized spacial score (nSPS) is 14.4. The predicted octanol–water partition coefficient (Wildman–Crippen LogP) is 6.37. The molecule has 2 aromatic rings. The third-order valence-corrected chi connectivity index (χ3v) is 7.47. The highest BCUT2D eigenvalue weighted by molar-refractivity contribution is 5.54. The van der Waals surface area contributed by atoms with Crippen LogP contribution in [0.3, 0.4) is 0 Å². The van der Waals surface area contributed by atoms with Gasteiger partial charge in [0.05, 0.1) is 25.2 Å². The Morgan fingerprint density at radius 2 is 0.821 bits per heavy atom. The number of aliphatic hydroxyl groups is 3. The molecule has 0 heterocycles. The van der Waals surface area contributed by atoms with Gasteiger partial charge in [0.2, 0.25) is 0 Å². The second-order valence-corrected chi connectivity index (χ2v) is 15.2. The zero-order valence-corrected chi connectivity index (χ0v) is 26.2. The van der Waals surface area contributed by atoms with Gasteiger partial charge < -0.3 is 30.3 Å². The maximum Gasteiger partial charge on any atom is 0.137 e. The standard InChI is InChI=1S/C33H52O6/c1-29(2,3)22-13-20(37)14-23(30(4,5)6)26(22)28(33(17-34,18-35)19-36)39-27-24(31(7,8)9)15-21(38)16-25(27)32(10,11)12/h13-16,28,34-38H,17-19H2,1-12H3. The molecule has 0 aliphatic heterocycles. The average molecular weight is 545 g/mol. The molecular formula is C33H52O6. The Kier molecular flexibility index (Phi) is 9.24. The molecule has 39 heavy (non-hydrogen) atoms. The van der Waals surface area contributed by atoms with Crippen LogP contribution in [0.4, 0.5) is 0 Å². The molecule has 6 heteroatoms. The molecule has 2 aromatic carbocycles. The lowest BCUT2D eigenvalue weighted by molar-refractivity contribution is -0.0761. The van der Waals surface area contributed by atoms with Crippen molar-refractivity contribution < 1.29 is 30.3 Å². The second kappa shape index (κ2) is 10.9. The number of aromatic hydroxyl groups is 2. The summed E-state index contributed by atoms with van der Waals surface area (Å²) in [6, 6.07) is 6.83. The molecule has 0 aliphatic carbocycles. The zero-order valence-electron chi connectivity index (χ0n) is 26.2. The topological polar surface area (TPSA) is 110 Å². The summed E-state index contributed by atoms with van der Waals surface area (Å²) in [4.78, 5) is 0. The van der Waals surface area contributed by atoms with Crippen LogP contribution in [0.5, 0.6) is 17.2 Å². The second-order valence-electron chi connectivity index (χ2n) is 15.2. The van der Waals surface area contributed by atoms with Gasteiger partial charge in [-0.15, -0.1) is 0 Å². The van der Waals surface area contributed by atoms with Gasteiger partial charge in [-0.1, -0.05) is 83.1 Å². The lowest BCUT2D eigenvalue weighted by Crippen LogP contribution is -2.45. The van der Waals surface area contributed by atoms with Crippen molar-refractivity contribution in [2.24, 2.45) is 5.41 Å². The molecule has 1 atom stereocenters. The largest absolute Gasteiger partial charge is 0.508 e. The molecule has 0 saturated heterocycles. The molecule has 0 amide bonds. The highest BCUT2D eigenvalue weighted by Crippen LogP contribution is 2.50. The van der Waals surface area contributed by atoms with E-state index >= 15 is 0 Å². The SMILES string of the molecule is CC(C)(C)c1cc(O)cc(C(C)(C)C)c1OC(c1c(C(C)(C)C)cc(O)cc1C(C)(C)C)C(CO)(CO)CO. The van der Waals surface area contributed by atoms with E-state index in [2.05, 4.69) is 0 Å². The van der Waals surface area contributed by atoms with Crippen molar-refractivity contribution >= 4 is 0 Å². The van der Waals surface area contributed by atoms with Gasteiger partial charge in [-0.05, 0) is 57.1 Å². The van der Waals surface area contributed by atoms with Gasteiger partial charge >= 0.3 is 0 Å². The summed E-state index contributed by atoms with van der Waals surface area (Å²) < 4.78 is 7.05. The maximum absolute atomic E-state index is 10.8. The van der Waals surface area contributed by atoms with Crippen LogP contribution in [-0.2, 0) is 21.7 Å². The van der Waals surface area contributed by atoms with E-state index in [4.69, 9.17) is 4.74 Å². The number of hydrogen-bond acceptors (Lipinski definition) is 6. The van der Waals surface area contributed by atoms with Crippen molar-refractivity contribution in [3.8, 4) is 17.2 Å². The van der Waals surface area contributed by atoms with E-state index in [-0.39, 0.29) is 11.5 Å². The van der Waals surface area contributed by atoms with Crippen LogP contribution < -0.4 is 4.74 Å². The van der Waals surface area contributed by atoms with Crippen molar-refractivity contribution in [3.63, 3.8) is 0 Å². The fraction of sp³-hybridized carbons (Fsp3) is 0.636. The van der Waals surface area contributed by atoms with Crippen LogP contribution in [0.1, 0.15) is 117 Å². The van der Waals surface area contributed by atoms with E-state index in [0.29, 0.717) is 5.75 Å². The highest BCUT2D eigenvalue weighted by atomic mass is 16.5. The molecule has 0 bridgehead atoms. The molecule has 0 fully saturated rings. The van der Waals surface area contributed by atoms with Crippen molar-refractivity contribution in [3.05, 3.63) is 52.1 Å². The first-order valence-corrected chi connectivity index (χ1v) is 13.8. The van der Waals surface area contributed by atoms with Gasteiger partial charge in [0.25, 0.3) is 0 Å². The number of benzene rings is 2. The number of hydrogen-bond donors (Lipinski definition) is 5. The Labute approximate surface area is 235 Å². The quantitative estimate of drug-likeness (QED) is 0.277. The first-order chi connectivity index (χ1) is 17.5. The number of phenolic OH excluding ortho intramolecular Hbond substituents is 2. The average Bonchev–Trinajstić information content (AvgIpc) is 2.77. The fourth-order valence-corrected chi connectivity index (χ4v) is 5.02. The van der Waals surface area contributed by atoms with Crippen LogP contribution in [-0.4, -0.2) is 45.4 Å². The van der Waals surface area contributed by atoms with Crippen LogP contribution >= 0.6 is 0 Å². The summed E-state index contributed by atoms with van der Waals surface area (Å²) in [6.45, 7) is 22.8. The van der Waals surface area contributed by atoms with Crippen LogP contribution in [0, 0.1) is 5.41 Å². The van der Waals surface area contributed by atoms with Gasteiger partial charge in [0.15, 0.2) is 0 Å². The van der Waals surface area contributed by atoms with Crippen molar-refractivity contribution in [2.45, 2.75) is 111 Å². The molecule has 0 aromatic heterocycles. The summed E-state index contributed by atoms with van der Waals surface area (Å²) in [7, 11) is 0. The van der Waals surface area contributed by atoms with Gasteiger partial charge in [-0.2, -0.15) is 0 Å². The molecule has 220 valence electrons. The number of aliphatic hydroxyl groups excluding tert-OH is 3. The Morgan fingerprint density at radius 1 is 0.538 bits per heavy atom. The number of rotatable bonds is 7. The van der Waals surface area contributed by atoms with E-state index in [9.17, 15) is 25.5 Å². The molecule has 0 aliphatic rings. The first kappa shape index (κ1) is 32.9. The minimum Gasteiger partial charge on any atom is -0.508 e. The smallest absolute Gasteiger partial charge is 0.137 e. The van der Waals surface area contributed by atoms with Gasteiger partial charge in [-0.3, -0.25) is 0 Å². The van der Waals surface area contributed by atoms with Crippen LogP contribution in [0.25, 0.3) is 0 Å². The summed E-state index contributed by atoms with van der Waals surface area (Å²) in [5, 5.41) is 53.8. The van der Waals surface area contributed by atoms with Crippen molar-refractivity contribution in [1.82, 2.24) is 0 Å². The Morgan fingerprint density at radius 3 is 1.08 bits per heavy atom. The predicted molar refractivity (Wildman–Crippen MR) is 158 cm³/mol. The van der Waals surface area contributed by atoms with Gasteiger partial charge in [0, 0.05) is 16.7 Å². The molecule has 6 nitrogen and oxygen atoms in total. The third kappa shape index (κ3) is 6.90. The van der Waals surface area contributed by atoms with E-state index in [1.165, 1.54) is 0 Å². The van der Waals surface area contributed by atoms with E-state index < -0.39 is 53.0 Å². The van der Waals surface area contributed by atoms with E-state index in [1.54, 1.807) is 24.3 Å². The van der Waals surface area contributed by atoms with Crippen molar-refractivity contribution in [1.29, 1.82) is 0 Å². The maximum atomic E-state index is 10.8. The summed E-state index contributed by atoms with van der Waals surface area (Å²) in [6.07, 6.45) is -0.992. The zero-order chi connectivity index (χ0) is 30.4. The summed E-state index contributed by atoms with van der Waals surface area (Å²) in [5.74, 6) is 0.789. The third-order valence-electron chi connectivity index (χ3n) is 7.47. The van der Waals surface area contributed by atoms with E-state index in [0.717, 1.165) is 27.8 Å². The number of ether oxygens (including phenoxy) is 1. The Balaban J connectivity index is 3.19. The van der Waals surface area contributed by atoms with Crippen molar-refractivity contribution in [2.75, 3.05) is 19.8 Å². The first-order valence-electron chi connectivity index (χ1n) is 13.8. The Bertz CT molecular complexity index is 1070. The number of phenols is 2.